The van der Waals surface area contributed by atoms with E-state index in [2.05, 4.69) is 18.8 Å². The summed E-state index contributed by atoms with van der Waals surface area (Å²) in [6, 6.07) is 1.17. The Morgan fingerprint density at radius 1 is 1.42 bits per heavy atom. The molecule has 0 spiro atoms. The summed E-state index contributed by atoms with van der Waals surface area (Å²) in [5, 5.41) is 0. The van der Waals surface area contributed by atoms with Gasteiger partial charge in [-0.1, -0.05) is 13.8 Å². The molecule has 0 unspecified atom stereocenters. The summed E-state index contributed by atoms with van der Waals surface area (Å²) in [6.45, 7) is 5.79. The van der Waals surface area contributed by atoms with Gasteiger partial charge in [0.1, 0.15) is 11.6 Å². The molecule has 1 saturated heterocycles. The summed E-state index contributed by atoms with van der Waals surface area (Å²) < 4.78 is 13.2. The molecule has 0 aromatic carbocycles. The van der Waals surface area contributed by atoms with Gasteiger partial charge in [-0.25, -0.2) is 9.37 Å². The van der Waals surface area contributed by atoms with E-state index in [1.807, 2.05) is 0 Å². The highest BCUT2D eigenvalue weighted by atomic mass is 19.1. The third-order valence-corrected chi connectivity index (χ3v) is 3.74. The number of aromatic nitrogens is 1. The number of nitrogen functional groups attached to an aromatic ring is 1. The van der Waals surface area contributed by atoms with Crippen LogP contribution in [0.15, 0.2) is 12.3 Å². The van der Waals surface area contributed by atoms with Crippen LogP contribution in [0.25, 0.3) is 0 Å². The van der Waals surface area contributed by atoms with Gasteiger partial charge >= 0.3 is 0 Å². The first-order valence-corrected chi connectivity index (χ1v) is 6.59. The maximum Gasteiger partial charge on any atom is 0.257 e. The second kappa shape index (κ2) is 5.15. The van der Waals surface area contributed by atoms with Gasteiger partial charge in [0.25, 0.3) is 5.91 Å². The van der Waals surface area contributed by atoms with Crippen molar-refractivity contribution in [2.24, 2.45) is 5.41 Å². The van der Waals surface area contributed by atoms with Crippen molar-refractivity contribution in [1.29, 1.82) is 0 Å². The van der Waals surface area contributed by atoms with E-state index in [9.17, 15) is 9.18 Å². The summed E-state index contributed by atoms with van der Waals surface area (Å²) in [4.78, 5) is 17.8. The zero-order chi connectivity index (χ0) is 14.0. The van der Waals surface area contributed by atoms with Gasteiger partial charge in [-0.05, 0) is 30.7 Å². The summed E-state index contributed by atoms with van der Waals surface area (Å²) >= 11 is 0. The van der Waals surface area contributed by atoms with Crippen LogP contribution in [0.3, 0.4) is 0 Å². The zero-order valence-electron chi connectivity index (χ0n) is 11.4. The third-order valence-electron chi connectivity index (χ3n) is 3.74. The van der Waals surface area contributed by atoms with Crippen molar-refractivity contribution in [2.75, 3.05) is 18.8 Å². The fraction of sp³-hybridized carbons (Fsp3) is 0.571. The SMILES string of the molecule is CC1(C)CCCN(C(=O)c2cc(F)cnc2N)CC1. The lowest BCUT2D eigenvalue weighted by molar-refractivity contribution is 0.0757. The number of anilines is 1. The van der Waals surface area contributed by atoms with E-state index in [0.717, 1.165) is 25.5 Å². The van der Waals surface area contributed by atoms with E-state index in [1.165, 1.54) is 6.07 Å². The van der Waals surface area contributed by atoms with Gasteiger partial charge < -0.3 is 10.6 Å². The average Bonchev–Trinajstić information content (AvgIpc) is 2.52. The Hall–Kier alpha value is -1.65. The molecule has 5 heteroatoms. The number of pyridine rings is 1. The van der Waals surface area contributed by atoms with E-state index < -0.39 is 5.82 Å². The Morgan fingerprint density at radius 2 is 2.16 bits per heavy atom. The minimum atomic E-state index is -0.535. The summed E-state index contributed by atoms with van der Waals surface area (Å²) in [6.07, 6.45) is 4.02. The largest absolute Gasteiger partial charge is 0.383 e. The molecule has 104 valence electrons. The monoisotopic (exact) mass is 265 g/mol. The maximum atomic E-state index is 13.2. The van der Waals surface area contributed by atoms with Crippen molar-refractivity contribution in [1.82, 2.24) is 9.88 Å². The summed E-state index contributed by atoms with van der Waals surface area (Å²) in [5.41, 5.74) is 6.08. The molecule has 1 aliphatic rings. The summed E-state index contributed by atoms with van der Waals surface area (Å²) in [7, 11) is 0. The molecule has 1 aromatic rings. The molecule has 1 aliphatic heterocycles. The Kier molecular flexibility index (Phi) is 3.73. The molecule has 0 aliphatic carbocycles. The predicted molar refractivity (Wildman–Crippen MR) is 72.1 cm³/mol. The zero-order valence-corrected chi connectivity index (χ0v) is 11.4. The lowest BCUT2D eigenvalue weighted by atomic mass is 9.85. The molecule has 0 bridgehead atoms. The van der Waals surface area contributed by atoms with Crippen LogP contribution in [0.1, 0.15) is 43.5 Å². The highest BCUT2D eigenvalue weighted by Crippen LogP contribution is 2.30. The van der Waals surface area contributed by atoms with Crippen molar-refractivity contribution in [2.45, 2.75) is 33.1 Å². The van der Waals surface area contributed by atoms with Crippen molar-refractivity contribution in [3.8, 4) is 0 Å². The van der Waals surface area contributed by atoms with E-state index >= 15 is 0 Å². The fourth-order valence-electron chi connectivity index (χ4n) is 2.42. The van der Waals surface area contributed by atoms with E-state index in [-0.39, 0.29) is 22.7 Å². The van der Waals surface area contributed by atoms with Crippen molar-refractivity contribution in [3.63, 3.8) is 0 Å². The first kappa shape index (κ1) is 13.8. The number of nitrogens with zero attached hydrogens (tertiary/aromatic N) is 2. The van der Waals surface area contributed by atoms with Gasteiger partial charge in [0, 0.05) is 13.1 Å². The van der Waals surface area contributed by atoms with Crippen LogP contribution in [-0.4, -0.2) is 28.9 Å². The van der Waals surface area contributed by atoms with Gasteiger partial charge in [-0.15, -0.1) is 0 Å². The number of likely N-dealkylation sites (tertiary alicyclic amines) is 1. The van der Waals surface area contributed by atoms with Crippen LogP contribution in [0, 0.1) is 11.2 Å². The molecular formula is C14H20FN3O. The molecular weight excluding hydrogens is 245 g/mol. The van der Waals surface area contributed by atoms with Gasteiger partial charge in [0.15, 0.2) is 0 Å². The van der Waals surface area contributed by atoms with E-state index in [1.54, 1.807) is 4.90 Å². The molecule has 0 atom stereocenters. The molecule has 4 nitrogen and oxygen atoms in total. The minimum absolute atomic E-state index is 0.0925. The Morgan fingerprint density at radius 3 is 2.89 bits per heavy atom. The second-order valence-corrected chi connectivity index (χ2v) is 5.90. The average molecular weight is 265 g/mol. The van der Waals surface area contributed by atoms with Gasteiger partial charge in [0.05, 0.1) is 11.8 Å². The molecule has 1 fully saturated rings. The molecule has 1 aromatic heterocycles. The number of halogens is 1. The first-order valence-electron chi connectivity index (χ1n) is 6.59. The summed E-state index contributed by atoms with van der Waals surface area (Å²) in [5.74, 6) is -0.662. The normalized spacial score (nSPS) is 19.0. The molecule has 2 rings (SSSR count). The lowest BCUT2D eigenvalue weighted by Gasteiger charge is -2.23. The topological polar surface area (TPSA) is 59.2 Å². The highest BCUT2D eigenvalue weighted by molar-refractivity contribution is 5.98. The Balaban J connectivity index is 2.17. The van der Waals surface area contributed by atoms with Crippen molar-refractivity contribution in [3.05, 3.63) is 23.6 Å². The van der Waals surface area contributed by atoms with Crippen molar-refractivity contribution < 1.29 is 9.18 Å². The number of hydrogen-bond acceptors (Lipinski definition) is 3. The van der Waals surface area contributed by atoms with Crippen LogP contribution in [0.5, 0.6) is 0 Å². The van der Waals surface area contributed by atoms with Gasteiger partial charge in [-0.2, -0.15) is 0 Å². The number of amides is 1. The van der Waals surface area contributed by atoms with E-state index in [0.29, 0.717) is 13.1 Å². The standard InChI is InChI=1S/C14H20FN3O/c1-14(2)4-3-6-18(7-5-14)13(19)11-8-10(15)9-17-12(11)16/h8-9H,3-7H2,1-2H3,(H2,16,17). The molecule has 19 heavy (non-hydrogen) atoms. The van der Waals surface area contributed by atoms with Crippen molar-refractivity contribution >= 4 is 11.7 Å². The smallest absolute Gasteiger partial charge is 0.257 e. The lowest BCUT2D eigenvalue weighted by Crippen LogP contribution is -2.33. The van der Waals surface area contributed by atoms with Crippen LogP contribution in [0.2, 0.25) is 0 Å². The molecule has 0 radical (unpaired) electrons. The third kappa shape index (κ3) is 3.22. The highest BCUT2D eigenvalue weighted by Gasteiger charge is 2.27. The number of carbonyl (C=O) groups is 1. The predicted octanol–water partition coefficient (Wildman–Crippen LogP) is 2.46. The van der Waals surface area contributed by atoms with Gasteiger partial charge in [0.2, 0.25) is 0 Å². The maximum absolute atomic E-state index is 13.2. The number of nitrogens with two attached hydrogens (primary N) is 1. The fourth-order valence-corrected chi connectivity index (χ4v) is 2.42. The Bertz CT molecular complexity index is 488. The van der Waals surface area contributed by atoms with Crippen LogP contribution >= 0.6 is 0 Å². The van der Waals surface area contributed by atoms with Gasteiger partial charge in [-0.3, -0.25) is 4.79 Å². The number of carbonyl (C=O) groups excluding carboxylic acids is 1. The quantitative estimate of drug-likeness (QED) is 0.848. The first-order chi connectivity index (χ1) is 8.89. The van der Waals surface area contributed by atoms with Crippen LogP contribution in [-0.2, 0) is 0 Å². The Labute approximate surface area is 112 Å². The molecule has 2 N–H and O–H groups in total. The molecule has 0 saturated carbocycles. The number of hydrogen-bond donors (Lipinski definition) is 1. The molecule has 1 amide bonds. The molecule has 2 heterocycles. The van der Waals surface area contributed by atoms with Crippen LogP contribution < -0.4 is 5.73 Å². The van der Waals surface area contributed by atoms with E-state index in [4.69, 9.17) is 5.73 Å². The van der Waals surface area contributed by atoms with Crippen LogP contribution in [0.4, 0.5) is 10.2 Å². The number of rotatable bonds is 1. The minimum Gasteiger partial charge on any atom is -0.383 e. The second-order valence-electron chi connectivity index (χ2n) is 5.90.